The van der Waals surface area contributed by atoms with Crippen molar-refractivity contribution in [3.05, 3.63) is 76.8 Å². The van der Waals surface area contributed by atoms with E-state index in [0.717, 1.165) is 0 Å². The van der Waals surface area contributed by atoms with Gasteiger partial charge in [-0.2, -0.15) is 0 Å². The Labute approximate surface area is 158 Å². The summed E-state index contributed by atoms with van der Waals surface area (Å²) in [7, 11) is 0. The van der Waals surface area contributed by atoms with Crippen molar-refractivity contribution >= 4 is 39.9 Å². The number of rotatable bonds is 6. The zero-order chi connectivity index (χ0) is 19.2. The van der Waals surface area contributed by atoms with Crippen molar-refractivity contribution in [1.82, 2.24) is 4.98 Å². The summed E-state index contributed by atoms with van der Waals surface area (Å²) in [6, 6.07) is 12.8. The minimum atomic E-state index is -1.08. The zero-order valence-electron chi connectivity index (χ0n) is 14.0. The molecule has 1 aromatic heterocycles. The van der Waals surface area contributed by atoms with Crippen molar-refractivity contribution in [2.24, 2.45) is 0 Å². The number of nitrogens with one attached hydrogen (secondary N) is 2. The van der Waals surface area contributed by atoms with Crippen molar-refractivity contribution < 1.29 is 19.5 Å². The third-order valence-electron chi connectivity index (χ3n) is 3.68. The highest BCUT2D eigenvalue weighted by molar-refractivity contribution is 7.13. The van der Waals surface area contributed by atoms with E-state index in [1.807, 2.05) is 0 Å². The molecule has 7 nitrogen and oxygen atoms in total. The average Bonchev–Trinajstić information content (AvgIpc) is 3.15. The number of nitrogens with zero attached hydrogens (tertiary/aromatic N) is 1. The fraction of sp³-hybridized carbons (Fsp3) is 0.0526. The minimum Gasteiger partial charge on any atom is -0.478 e. The Morgan fingerprint density at radius 2 is 1.74 bits per heavy atom. The van der Waals surface area contributed by atoms with E-state index < -0.39 is 5.97 Å². The number of amides is 2. The summed E-state index contributed by atoms with van der Waals surface area (Å²) < 4.78 is 0. The van der Waals surface area contributed by atoms with Crippen LogP contribution >= 0.6 is 11.3 Å². The van der Waals surface area contributed by atoms with E-state index in [1.165, 1.54) is 17.4 Å². The highest BCUT2D eigenvalue weighted by atomic mass is 32.1. The molecule has 0 aliphatic heterocycles. The topological polar surface area (TPSA) is 108 Å². The smallest absolute Gasteiger partial charge is 0.335 e. The van der Waals surface area contributed by atoms with Gasteiger partial charge >= 0.3 is 5.97 Å². The Morgan fingerprint density at radius 3 is 2.41 bits per heavy atom. The van der Waals surface area contributed by atoms with Crippen molar-refractivity contribution in [1.29, 1.82) is 0 Å². The van der Waals surface area contributed by atoms with Gasteiger partial charge in [-0.1, -0.05) is 18.2 Å². The molecule has 0 spiro atoms. The molecular weight excluding hydrogens is 366 g/mol. The fourth-order valence-electron chi connectivity index (χ4n) is 2.42. The predicted molar refractivity (Wildman–Crippen MR) is 102 cm³/mol. The van der Waals surface area contributed by atoms with Gasteiger partial charge in [0.15, 0.2) is 5.13 Å². The van der Waals surface area contributed by atoms with Crippen LogP contribution in [0.4, 0.5) is 10.8 Å². The molecular formula is C19H15N3O4S. The van der Waals surface area contributed by atoms with Gasteiger partial charge in [-0.3, -0.25) is 14.9 Å². The second-order valence-corrected chi connectivity index (χ2v) is 6.45. The second-order valence-electron chi connectivity index (χ2n) is 5.56. The Hall–Kier alpha value is -3.52. The van der Waals surface area contributed by atoms with Crippen molar-refractivity contribution in [2.45, 2.75) is 6.42 Å². The van der Waals surface area contributed by atoms with Crippen LogP contribution in [0.2, 0.25) is 0 Å². The molecule has 0 radical (unpaired) electrons. The highest BCUT2D eigenvalue weighted by Gasteiger charge is 2.13. The van der Waals surface area contributed by atoms with Crippen LogP contribution < -0.4 is 10.6 Å². The van der Waals surface area contributed by atoms with E-state index in [0.29, 0.717) is 21.9 Å². The SMILES string of the molecule is O=C(Cc1ccccc1C(=O)O)Nc1ccc(C(=O)Nc2nccs2)cc1. The number of anilines is 2. The molecule has 0 bridgehead atoms. The van der Waals surface area contributed by atoms with E-state index in [1.54, 1.807) is 54.0 Å². The molecule has 3 rings (SSSR count). The van der Waals surface area contributed by atoms with Gasteiger partial charge in [0, 0.05) is 22.8 Å². The average molecular weight is 381 g/mol. The number of carboxylic acid groups (broad SMARTS) is 1. The molecule has 0 atom stereocenters. The van der Waals surface area contributed by atoms with Crippen LogP contribution in [0.1, 0.15) is 26.3 Å². The first-order valence-corrected chi connectivity index (χ1v) is 8.83. The van der Waals surface area contributed by atoms with Gasteiger partial charge in [-0.15, -0.1) is 11.3 Å². The number of carboxylic acids is 1. The number of aromatic carboxylic acids is 1. The van der Waals surface area contributed by atoms with Crippen LogP contribution in [0.25, 0.3) is 0 Å². The summed E-state index contributed by atoms with van der Waals surface area (Å²) in [5, 5.41) is 16.8. The largest absolute Gasteiger partial charge is 0.478 e. The first-order valence-electron chi connectivity index (χ1n) is 7.95. The quantitative estimate of drug-likeness (QED) is 0.607. The summed E-state index contributed by atoms with van der Waals surface area (Å²) in [4.78, 5) is 39.5. The molecule has 0 unspecified atom stereocenters. The van der Waals surface area contributed by atoms with Crippen LogP contribution in [0.5, 0.6) is 0 Å². The van der Waals surface area contributed by atoms with Gasteiger partial charge in [-0.25, -0.2) is 9.78 Å². The standard InChI is InChI=1S/C19H15N3O4S/c23-16(11-13-3-1-2-4-15(13)18(25)26)21-14-7-5-12(6-8-14)17(24)22-19-20-9-10-27-19/h1-10H,11H2,(H,21,23)(H,25,26)(H,20,22,24). The molecule has 8 heteroatoms. The van der Waals surface area contributed by atoms with Crippen molar-refractivity contribution in [3.63, 3.8) is 0 Å². The third-order valence-corrected chi connectivity index (χ3v) is 4.37. The molecule has 3 aromatic rings. The maximum Gasteiger partial charge on any atom is 0.335 e. The Kier molecular flexibility index (Phi) is 5.58. The lowest BCUT2D eigenvalue weighted by Crippen LogP contribution is -2.17. The lowest BCUT2D eigenvalue weighted by atomic mass is 10.0. The predicted octanol–water partition coefficient (Wildman–Crippen LogP) is 3.27. The summed E-state index contributed by atoms with van der Waals surface area (Å²) in [5.74, 6) is -1.71. The molecule has 3 N–H and O–H groups in total. The number of aromatic nitrogens is 1. The lowest BCUT2D eigenvalue weighted by molar-refractivity contribution is -0.115. The monoisotopic (exact) mass is 381 g/mol. The molecule has 1 heterocycles. The molecule has 0 aliphatic carbocycles. The third kappa shape index (κ3) is 4.77. The van der Waals surface area contributed by atoms with Gasteiger partial charge in [0.1, 0.15) is 0 Å². The van der Waals surface area contributed by atoms with Crippen LogP contribution in [0.15, 0.2) is 60.1 Å². The van der Waals surface area contributed by atoms with Crippen molar-refractivity contribution in [2.75, 3.05) is 10.6 Å². The molecule has 0 fully saturated rings. The number of hydrogen-bond acceptors (Lipinski definition) is 5. The molecule has 2 amide bonds. The first kappa shape index (κ1) is 18.3. The highest BCUT2D eigenvalue weighted by Crippen LogP contribution is 2.15. The fourth-order valence-corrected chi connectivity index (χ4v) is 2.94. The number of benzene rings is 2. The molecule has 136 valence electrons. The van der Waals surface area contributed by atoms with E-state index in [2.05, 4.69) is 15.6 Å². The molecule has 0 saturated heterocycles. The van der Waals surface area contributed by atoms with Gasteiger partial charge in [0.2, 0.25) is 5.91 Å². The van der Waals surface area contributed by atoms with E-state index >= 15 is 0 Å². The zero-order valence-corrected chi connectivity index (χ0v) is 14.8. The van der Waals surface area contributed by atoms with E-state index in [-0.39, 0.29) is 23.8 Å². The number of hydrogen-bond donors (Lipinski definition) is 3. The van der Waals surface area contributed by atoms with Crippen LogP contribution in [-0.4, -0.2) is 27.9 Å². The second kappa shape index (κ2) is 8.24. The Balaban J connectivity index is 1.62. The van der Waals surface area contributed by atoms with E-state index in [4.69, 9.17) is 5.11 Å². The van der Waals surface area contributed by atoms with Crippen molar-refractivity contribution in [3.8, 4) is 0 Å². The normalized spacial score (nSPS) is 10.2. The Bertz CT molecular complexity index is 969. The molecule has 27 heavy (non-hydrogen) atoms. The number of thiazole rings is 1. The maximum atomic E-state index is 12.2. The first-order chi connectivity index (χ1) is 13.0. The lowest BCUT2D eigenvalue weighted by Gasteiger charge is -2.08. The summed E-state index contributed by atoms with van der Waals surface area (Å²) in [6.45, 7) is 0. The molecule has 0 aliphatic rings. The molecule has 0 saturated carbocycles. The van der Waals surface area contributed by atoms with Gasteiger partial charge in [0.25, 0.3) is 5.91 Å². The minimum absolute atomic E-state index is 0.0608. The summed E-state index contributed by atoms with van der Waals surface area (Å²) in [6.07, 6.45) is 1.54. The number of carbonyl (C=O) groups is 3. The van der Waals surface area contributed by atoms with Crippen LogP contribution in [0, 0.1) is 0 Å². The van der Waals surface area contributed by atoms with Crippen LogP contribution in [0.3, 0.4) is 0 Å². The van der Waals surface area contributed by atoms with E-state index in [9.17, 15) is 14.4 Å². The van der Waals surface area contributed by atoms with Gasteiger partial charge in [-0.05, 0) is 35.9 Å². The van der Waals surface area contributed by atoms with Gasteiger partial charge in [0.05, 0.1) is 12.0 Å². The summed E-state index contributed by atoms with van der Waals surface area (Å²) >= 11 is 1.32. The van der Waals surface area contributed by atoms with Gasteiger partial charge < -0.3 is 10.4 Å². The summed E-state index contributed by atoms with van der Waals surface area (Å²) in [5.41, 5.74) is 1.47. The Morgan fingerprint density at radius 1 is 1.00 bits per heavy atom. The number of carbonyl (C=O) groups excluding carboxylic acids is 2. The molecule has 2 aromatic carbocycles. The van der Waals surface area contributed by atoms with Crippen LogP contribution in [-0.2, 0) is 11.2 Å². The maximum absolute atomic E-state index is 12.2.